The van der Waals surface area contributed by atoms with E-state index in [1.165, 1.54) is 11.1 Å². The van der Waals surface area contributed by atoms with Gasteiger partial charge in [0.05, 0.1) is 16.8 Å². The van der Waals surface area contributed by atoms with E-state index in [1.807, 2.05) is 30.5 Å². The number of nitrogens with zero attached hydrogens (tertiary/aromatic N) is 2. The summed E-state index contributed by atoms with van der Waals surface area (Å²) in [5.41, 5.74) is 4.18. The molecule has 136 valence electrons. The fourth-order valence-electron chi connectivity index (χ4n) is 2.71. The van der Waals surface area contributed by atoms with Crippen molar-refractivity contribution in [3.63, 3.8) is 0 Å². The monoisotopic (exact) mass is 386 g/mol. The van der Waals surface area contributed by atoms with Crippen LogP contribution < -0.4 is 4.80 Å². The molecular formula is C20H22N2O2S2. The number of aryl methyl sites for hydroxylation is 2. The maximum Gasteiger partial charge on any atom is 0.279 e. The number of thioether (sulfide) groups is 1. The van der Waals surface area contributed by atoms with Gasteiger partial charge in [-0.1, -0.05) is 17.4 Å². The summed E-state index contributed by atoms with van der Waals surface area (Å²) in [4.78, 5) is 18.9. The zero-order valence-corrected chi connectivity index (χ0v) is 17.0. The van der Waals surface area contributed by atoms with Crippen molar-refractivity contribution in [1.29, 1.82) is 0 Å². The van der Waals surface area contributed by atoms with Crippen molar-refractivity contribution in [1.82, 2.24) is 4.57 Å². The summed E-state index contributed by atoms with van der Waals surface area (Å²) in [5, 5.41) is 0. The molecule has 0 aliphatic rings. The Hall–Kier alpha value is -1.89. The minimum Gasteiger partial charge on any atom is -0.383 e. The molecular weight excluding hydrogens is 364 g/mol. The predicted octanol–water partition coefficient (Wildman–Crippen LogP) is 4.43. The van der Waals surface area contributed by atoms with Gasteiger partial charge in [0.15, 0.2) is 4.80 Å². The molecule has 0 unspecified atom stereocenters. The Kier molecular flexibility index (Phi) is 5.96. The first-order valence-electron chi connectivity index (χ1n) is 8.36. The Labute approximate surface area is 161 Å². The molecule has 1 heterocycles. The molecule has 0 spiro atoms. The summed E-state index contributed by atoms with van der Waals surface area (Å²) in [6.45, 7) is 5.44. The standard InChI is InChI=1S/C20H22N2O2S2/c1-13-10-17-18(11-14(13)2)26-20(22(17)8-9-24-3)21-19(23)15-6-5-7-16(12-15)25-4/h5-7,10-12H,8-9H2,1-4H3. The normalized spacial score (nSPS) is 12.1. The van der Waals surface area contributed by atoms with Crippen LogP contribution in [0.25, 0.3) is 10.2 Å². The van der Waals surface area contributed by atoms with Crippen LogP contribution in [0.5, 0.6) is 0 Å². The summed E-state index contributed by atoms with van der Waals surface area (Å²) in [5.74, 6) is -0.216. The fourth-order valence-corrected chi connectivity index (χ4v) is 4.31. The van der Waals surface area contributed by atoms with Crippen molar-refractivity contribution in [2.75, 3.05) is 20.0 Å². The summed E-state index contributed by atoms with van der Waals surface area (Å²) >= 11 is 3.16. The molecule has 3 rings (SSSR count). The minimum atomic E-state index is -0.216. The summed E-state index contributed by atoms with van der Waals surface area (Å²) < 4.78 is 8.46. The second kappa shape index (κ2) is 8.20. The van der Waals surface area contributed by atoms with Gasteiger partial charge in [-0.2, -0.15) is 4.99 Å². The maximum atomic E-state index is 12.7. The highest BCUT2D eigenvalue weighted by Gasteiger charge is 2.11. The molecule has 0 bridgehead atoms. The van der Waals surface area contributed by atoms with Gasteiger partial charge in [0, 0.05) is 24.1 Å². The van der Waals surface area contributed by atoms with E-state index in [2.05, 4.69) is 35.5 Å². The van der Waals surface area contributed by atoms with Crippen molar-refractivity contribution in [3.05, 3.63) is 57.9 Å². The quantitative estimate of drug-likeness (QED) is 0.609. The van der Waals surface area contributed by atoms with Crippen LogP contribution in [0, 0.1) is 13.8 Å². The van der Waals surface area contributed by atoms with Crippen LogP contribution in [-0.2, 0) is 11.3 Å². The van der Waals surface area contributed by atoms with Crippen molar-refractivity contribution in [2.24, 2.45) is 4.99 Å². The number of benzene rings is 2. The first-order valence-corrected chi connectivity index (χ1v) is 10.4. The third-order valence-corrected chi connectivity index (χ3v) is 6.10. The van der Waals surface area contributed by atoms with E-state index < -0.39 is 0 Å². The van der Waals surface area contributed by atoms with Gasteiger partial charge in [-0.25, -0.2) is 0 Å². The van der Waals surface area contributed by atoms with E-state index in [-0.39, 0.29) is 5.91 Å². The number of rotatable bonds is 5. The molecule has 0 aliphatic heterocycles. The average Bonchev–Trinajstić information content (AvgIpc) is 2.96. The zero-order chi connectivity index (χ0) is 18.7. The summed E-state index contributed by atoms with van der Waals surface area (Å²) in [7, 11) is 1.68. The zero-order valence-electron chi connectivity index (χ0n) is 15.4. The number of thiazole rings is 1. The lowest BCUT2D eigenvalue weighted by molar-refractivity contribution is 0.0997. The van der Waals surface area contributed by atoms with Gasteiger partial charge in [0.1, 0.15) is 0 Å². The molecule has 4 nitrogen and oxygen atoms in total. The average molecular weight is 387 g/mol. The van der Waals surface area contributed by atoms with Crippen molar-refractivity contribution >= 4 is 39.2 Å². The second-order valence-corrected chi connectivity index (χ2v) is 7.97. The molecule has 26 heavy (non-hydrogen) atoms. The highest BCUT2D eigenvalue weighted by atomic mass is 32.2. The van der Waals surface area contributed by atoms with Crippen LogP contribution in [0.15, 0.2) is 46.3 Å². The number of methoxy groups -OCH3 is 1. The minimum absolute atomic E-state index is 0.216. The molecule has 3 aromatic rings. The molecule has 2 aromatic carbocycles. The number of carbonyl (C=O) groups excluding carboxylic acids is 1. The van der Waals surface area contributed by atoms with Crippen LogP contribution in [0.4, 0.5) is 0 Å². The molecule has 0 N–H and O–H groups in total. The van der Waals surface area contributed by atoms with Crippen LogP contribution in [0.3, 0.4) is 0 Å². The third kappa shape index (κ3) is 3.92. The van der Waals surface area contributed by atoms with Gasteiger partial charge in [0.25, 0.3) is 5.91 Å². The molecule has 0 fully saturated rings. The fraction of sp³-hybridized carbons (Fsp3) is 0.300. The largest absolute Gasteiger partial charge is 0.383 e. The van der Waals surface area contributed by atoms with Crippen molar-refractivity contribution in [2.45, 2.75) is 25.3 Å². The van der Waals surface area contributed by atoms with E-state index >= 15 is 0 Å². The lowest BCUT2D eigenvalue weighted by Gasteiger charge is -2.06. The number of aromatic nitrogens is 1. The highest BCUT2D eigenvalue weighted by molar-refractivity contribution is 7.98. The Morgan fingerprint density at radius 2 is 2.00 bits per heavy atom. The Bertz CT molecular complexity index is 1020. The van der Waals surface area contributed by atoms with Crippen molar-refractivity contribution < 1.29 is 9.53 Å². The number of hydrogen-bond donors (Lipinski definition) is 0. The van der Waals surface area contributed by atoms with Gasteiger partial charge in [-0.05, 0) is 61.6 Å². The van der Waals surface area contributed by atoms with Gasteiger partial charge in [-0.15, -0.1) is 11.8 Å². The van der Waals surface area contributed by atoms with Crippen LogP contribution >= 0.6 is 23.1 Å². The first kappa shape index (κ1) is 18.9. The molecule has 1 aromatic heterocycles. The van der Waals surface area contributed by atoms with Gasteiger partial charge in [0.2, 0.25) is 0 Å². The molecule has 0 radical (unpaired) electrons. The summed E-state index contributed by atoms with van der Waals surface area (Å²) in [6.07, 6.45) is 2.00. The lowest BCUT2D eigenvalue weighted by Crippen LogP contribution is -2.19. The van der Waals surface area contributed by atoms with Gasteiger partial charge in [-0.3, -0.25) is 4.79 Å². The topological polar surface area (TPSA) is 43.6 Å². The number of amides is 1. The van der Waals surface area contributed by atoms with Crippen LogP contribution in [0.1, 0.15) is 21.5 Å². The van der Waals surface area contributed by atoms with Crippen molar-refractivity contribution in [3.8, 4) is 0 Å². The van der Waals surface area contributed by atoms with E-state index in [0.29, 0.717) is 23.5 Å². The SMILES string of the molecule is COCCn1c(=NC(=O)c2cccc(SC)c2)sc2cc(C)c(C)cc21. The van der Waals surface area contributed by atoms with E-state index in [4.69, 9.17) is 4.74 Å². The van der Waals surface area contributed by atoms with Gasteiger partial charge < -0.3 is 9.30 Å². The Morgan fingerprint density at radius 1 is 1.23 bits per heavy atom. The van der Waals surface area contributed by atoms with E-state index in [9.17, 15) is 4.79 Å². The highest BCUT2D eigenvalue weighted by Crippen LogP contribution is 2.22. The molecule has 1 amide bonds. The number of carbonyl (C=O) groups is 1. The summed E-state index contributed by atoms with van der Waals surface area (Å²) in [6, 6.07) is 11.9. The Balaban J connectivity index is 2.12. The number of ether oxygens (including phenoxy) is 1. The molecule has 0 aliphatic carbocycles. The molecule has 0 atom stereocenters. The molecule has 0 saturated carbocycles. The predicted molar refractivity (Wildman–Crippen MR) is 109 cm³/mol. The number of hydrogen-bond acceptors (Lipinski definition) is 4. The van der Waals surface area contributed by atoms with Crippen LogP contribution in [0.2, 0.25) is 0 Å². The second-order valence-electron chi connectivity index (χ2n) is 6.08. The molecule has 6 heteroatoms. The maximum absolute atomic E-state index is 12.7. The lowest BCUT2D eigenvalue weighted by atomic mass is 10.1. The Morgan fingerprint density at radius 3 is 2.73 bits per heavy atom. The third-order valence-electron chi connectivity index (χ3n) is 4.33. The van der Waals surface area contributed by atoms with E-state index in [1.54, 1.807) is 30.2 Å². The van der Waals surface area contributed by atoms with Crippen LogP contribution in [-0.4, -0.2) is 30.4 Å². The molecule has 0 saturated heterocycles. The number of fused-ring (bicyclic) bond motifs is 1. The first-order chi connectivity index (χ1) is 12.5. The van der Waals surface area contributed by atoms with Gasteiger partial charge >= 0.3 is 0 Å². The smallest absolute Gasteiger partial charge is 0.279 e. The van der Waals surface area contributed by atoms with E-state index in [0.717, 1.165) is 15.1 Å².